The van der Waals surface area contributed by atoms with Gasteiger partial charge in [-0.2, -0.15) is 0 Å². The lowest BCUT2D eigenvalue weighted by Crippen LogP contribution is -2.46. The molecule has 10 heteroatoms. The fourth-order valence-corrected chi connectivity index (χ4v) is 7.55. The largest absolute Gasteiger partial charge is 0.490 e. The number of rotatable bonds is 4. The van der Waals surface area contributed by atoms with Crippen molar-refractivity contribution in [2.75, 3.05) is 24.6 Å². The van der Waals surface area contributed by atoms with Gasteiger partial charge in [-0.05, 0) is 123 Å². The van der Waals surface area contributed by atoms with Gasteiger partial charge < -0.3 is 29.3 Å². The van der Waals surface area contributed by atoms with Crippen molar-refractivity contribution in [2.24, 2.45) is 0 Å². The highest BCUT2D eigenvalue weighted by atomic mass is 19.1. The van der Waals surface area contributed by atoms with E-state index in [2.05, 4.69) is 11.8 Å². The first-order valence-corrected chi connectivity index (χ1v) is 18.1. The minimum absolute atomic E-state index is 0.0757. The lowest BCUT2D eigenvalue weighted by Gasteiger charge is -2.42. The van der Waals surface area contributed by atoms with E-state index in [0.29, 0.717) is 64.9 Å². The number of anilines is 1. The molecule has 0 saturated carbocycles. The lowest BCUT2D eigenvalue weighted by molar-refractivity contribution is -0.160. The lowest BCUT2D eigenvalue weighted by atomic mass is 9.88. The number of nitrogens with zero attached hydrogens (tertiary/aromatic N) is 3. The van der Waals surface area contributed by atoms with Crippen LogP contribution in [0.3, 0.4) is 0 Å². The molecule has 0 aliphatic carbocycles. The molecule has 274 valence electrons. The van der Waals surface area contributed by atoms with E-state index in [-0.39, 0.29) is 17.5 Å². The number of hydrogen-bond donors (Lipinski definition) is 2. The maximum absolute atomic E-state index is 14.7. The Morgan fingerprint density at radius 3 is 2.45 bits per heavy atom. The number of carbonyl (C=O) groups is 1. The molecule has 0 radical (unpaired) electrons. The number of pyridine rings is 1. The van der Waals surface area contributed by atoms with Crippen molar-refractivity contribution >= 4 is 17.4 Å². The Balaban J connectivity index is 1.63. The van der Waals surface area contributed by atoms with Crippen LogP contribution in [0.5, 0.6) is 5.75 Å². The van der Waals surface area contributed by atoms with Gasteiger partial charge in [-0.1, -0.05) is 18.2 Å². The fourth-order valence-electron chi connectivity index (χ4n) is 7.55. The zero-order valence-electron chi connectivity index (χ0n) is 31.2. The van der Waals surface area contributed by atoms with Crippen LogP contribution in [-0.4, -0.2) is 62.6 Å². The quantitative estimate of drug-likeness (QED) is 0.218. The van der Waals surface area contributed by atoms with E-state index >= 15 is 0 Å². The van der Waals surface area contributed by atoms with Gasteiger partial charge in [-0.15, -0.1) is 0 Å². The van der Waals surface area contributed by atoms with Gasteiger partial charge in [-0.3, -0.25) is 4.40 Å². The first-order valence-electron chi connectivity index (χ1n) is 18.1. The zero-order valence-corrected chi connectivity index (χ0v) is 31.2. The van der Waals surface area contributed by atoms with E-state index in [1.807, 2.05) is 69.5 Å². The minimum Gasteiger partial charge on any atom is -0.490 e. The summed E-state index contributed by atoms with van der Waals surface area (Å²) < 4.78 is 35.9. The Bertz CT molecular complexity index is 1920. The smallest absolute Gasteiger partial charge is 0.337 e. The van der Waals surface area contributed by atoms with Crippen molar-refractivity contribution in [1.29, 1.82) is 0 Å². The molecule has 2 unspecified atom stereocenters. The maximum Gasteiger partial charge on any atom is 0.337 e. The van der Waals surface area contributed by atoms with Crippen molar-refractivity contribution in [3.63, 3.8) is 0 Å². The van der Waals surface area contributed by atoms with Crippen LogP contribution in [0, 0.1) is 12.7 Å². The molecule has 0 amide bonds. The predicted octanol–water partition coefficient (Wildman–Crippen LogP) is 8.61. The number of hydrogen-bond acceptors (Lipinski definition) is 7. The number of halogens is 1. The van der Waals surface area contributed by atoms with Crippen LogP contribution in [0.25, 0.3) is 28.0 Å². The summed E-state index contributed by atoms with van der Waals surface area (Å²) in [6.45, 7) is 16.8. The molecule has 6 bridgehead atoms. The van der Waals surface area contributed by atoms with Crippen LogP contribution >= 0.6 is 0 Å². The highest BCUT2D eigenvalue weighted by molar-refractivity contribution is 5.82. The SMILES string of the molecule is Cc1c(C(OC(C)(C)C)C(=O)O)c2n3cc(nc3c1C(C)(C)O)-c1cccc(c1)-c1cc(F)ccc1OC(C)CCCCOC1(C)CCN2CC1. The second kappa shape index (κ2) is 13.9. The second-order valence-electron chi connectivity index (χ2n) is 16.0. The summed E-state index contributed by atoms with van der Waals surface area (Å²) in [6.07, 6.45) is 4.65. The molecule has 4 aromatic rings. The van der Waals surface area contributed by atoms with Gasteiger partial charge in [-0.25, -0.2) is 14.2 Å². The van der Waals surface area contributed by atoms with Crippen molar-refractivity contribution in [1.82, 2.24) is 9.38 Å². The summed E-state index contributed by atoms with van der Waals surface area (Å²) in [7, 11) is 0. The van der Waals surface area contributed by atoms with Gasteiger partial charge in [0.05, 0.1) is 28.6 Å². The Labute approximate surface area is 300 Å². The fraction of sp³-hybridized carbons (Fsp3) is 0.512. The standard InChI is InChI=1S/C41H52FN3O6/c1-25-12-9-10-21-49-41(8)17-19-44(20-18-41)37-33(35(38(46)47)51-39(3,4)5)26(2)34(40(6,7)48)36-43-31(24-45(36)37)28-14-11-13-27(22-28)30-23-29(42)15-16-32(30)50-25/h11,13-16,22-25,35,48H,9-10,12,17-21H2,1-8H3,(H,46,47). The van der Waals surface area contributed by atoms with Crippen molar-refractivity contribution < 1.29 is 33.6 Å². The Kier molecular flexibility index (Phi) is 10.00. The van der Waals surface area contributed by atoms with Gasteiger partial charge in [0.15, 0.2) is 6.10 Å². The van der Waals surface area contributed by atoms with Crippen LogP contribution in [0.2, 0.25) is 0 Å². The van der Waals surface area contributed by atoms with Gasteiger partial charge in [0.25, 0.3) is 0 Å². The monoisotopic (exact) mass is 701 g/mol. The van der Waals surface area contributed by atoms with Crippen molar-refractivity contribution in [3.05, 3.63) is 71.2 Å². The third-order valence-electron chi connectivity index (χ3n) is 10.1. The van der Waals surface area contributed by atoms with E-state index in [1.165, 1.54) is 12.1 Å². The average Bonchev–Trinajstić information content (AvgIpc) is 3.47. The molecule has 1 fully saturated rings. The molecule has 5 heterocycles. The van der Waals surface area contributed by atoms with Gasteiger partial charge in [0.2, 0.25) is 0 Å². The Morgan fingerprint density at radius 1 is 1.08 bits per heavy atom. The van der Waals surface area contributed by atoms with Crippen LogP contribution in [-0.2, 0) is 19.9 Å². The maximum atomic E-state index is 14.7. The van der Waals surface area contributed by atoms with Crippen molar-refractivity contribution in [3.8, 4) is 28.1 Å². The summed E-state index contributed by atoms with van der Waals surface area (Å²) in [6, 6.07) is 12.4. The summed E-state index contributed by atoms with van der Waals surface area (Å²) in [5.74, 6) is -0.198. The number of benzene rings is 2. The van der Waals surface area contributed by atoms with Crippen LogP contribution < -0.4 is 9.64 Å². The number of aromatic nitrogens is 2. The molecule has 2 atom stereocenters. The number of aliphatic hydroxyl groups is 1. The molecule has 1 saturated heterocycles. The molecular weight excluding hydrogens is 649 g/mol. The second-order valence-corrected chi connectivity index (χ2v) is 16.0. The highest BCUT2D eigenvalue weighted by Crippen LogP contribution is 2.44. The Morgan fingerprint density at radius 2 is 1.78 bits per heavy atom. The number of aliphatic carboxylic acids is 1. The molecule has 3 aliphatic rings. The topological polar surface area (TPSA) is 106 Å². The summed E-state index contributed by atoms with van der Waals surface area (Å²) in [5, 5.41) is 22.4. The number of piperidine rings is 1. The summed E-state index contributed by atoms with van der Waals surface area (Å²) in [5.41, 5.74) is 2.48. The Hall–Kier alpha value is -3.99. The van der Waals surface area contributed by atoms with E-state index in [0.717, 1.165) is 43.2 Å². The molecule has 2 N–H and O–H groups in total. The van der Waals surface area contributed by atoms with Gasteiger partial charge >= 0.3 is 5.97 Å². The number of ether oxygens (including phenoxy) is 3. The molecule has 0 spiro atoms. The number of carboxylic acid groups (broad SMARTS) is 1. The third-order valence-corrected chi connectivity index (χ3v) is 10.1. The first kappa shape index (κ1) is 36.8. The normalized spacial score (nSPS) is 21.0. The van der Waals surface area contributed by atoms with E-state index in [1.54, 1.807) is 19.9 Å². The van der Waals surface area contributed by atoms with Crippen LogP contribution in [0.1, 0.15) is 103 Å². The van der Waals surface area contributed by atoms with E-state index in [9.17, 15) is 19.4 Å². The molecular formula is C41H52FN3O6. The van der Waals surface area contributed by atoms with Crippen LogP contribution in [0.4, 0.5) is 10.2 Å². The molecule has 3 aliphatic heterocycles. The average molecular weight is 702 g/mol. The summed E-state index contributed by atoms with van der Waals surface area (Å²) in [4.78, 5) is 20.5. The zero-order chi connectivity index (χ0) is 36.9. The number of fused-ring (bicyclic) bond motifs is 8. The van der Waals surface area contributed by atoms with Gasteiger partial charge in [0, 0.05) is 48.1 Å². The van der Waals surface area contributed by atoms with Crippen LogP contribution in [0.15, 0.2) is 48.7 Å². The highest BCUT2D eigenvalue weighted by Gasteiger charge is 2.40. The first-order chi connectivity index (χ1) is 23.9. The van der Waals surface area contributed by atoms with E-state index in [4.69, 9.17) is 19.2 Å². The summed E-state index contributed by atoms with van der Waals surface area (Å²) >= 11 is 0. The third kappa shape index (κ3) is 7.78. The van der Waals surface area contributed by atoms with Crippen molar-refractivity contribution in [2.45, 2.75) is 117 Å². The molecule has 2 aromatic carbocycles. The molecule has 51 heavy (non-hydrogen) atoms. The molecule has 9 nitrogen and oxygen atoms in total. The van der Waals surface area contributed by atoms with E-state index < -0.39 is 23.3 Å². The minimum atomic E-state index is -1.38. The number of imidazole rings is 1. The van der Waals surface area contributed by atoms with Gasteiger partial charge in [0.1, 0.15) is 23.0 Å². The number of carboxylic acids is 1. The molecule has 2 aromatic heterocycles. The molecule has 7 rings (SSSR count). The predicted molar refractivity (Wildman–Crippen MR) is 197 cm³/mol.